The summed E-state index contributed by atoms with van der Waals surface area (Å²) in [7, 11) is 4.57. The molecular weight excluding hydrogens is 478 g/mol. The minimum atomic E-state index is -0.0739. The van der Waals surface area contributed by atoms with Crippen molar-refractivity contribution in [1.29, 1.82) is 0 Å². The van der Waals surface area contributed by atoms with Gasteiger partial charge in [-0.3, -0.25) is 0 Å². The summed E-state index contributed by atoms with van der Waals surface area (Å²) in [5.41, 5.74) is 2.86. The van der Waals surface area contributed by atoms with E-state index < -0.39 is 0 Å². The van der Waals surface area contributed by atoms with Crippen molar-refractivity contribution in [2.24, 2.45) is 10.1 Å². The van der Waals surface area contributed by atoms with Gasteiger partial charge in [0, 0.05) is 16.3 Å². The molecule has 0 atom stereocenters. The lowest BCUT2D eigenvalue weighted by molar-refractivity contribution is 0.340. The molecule has 182 valence electrons. The number of aromatic hydroxyl groups is 1. The molecule has 5 rings (SSSR count). The molecule has 0 saturated heterocycles. The highest BCUT2D eigenvalue weighted by molar-refractivity contribution is 7.07. The average Bonchev–Trinajstić information content (AvgIpc) is 3.52. The normalized spacial score (nSPS) is 11.9. The van der Waals surface area contributed by atoms with Crippen molar-refractivity contribution >= 4 is 34.2 Å². The highest BCUT2D eigenvalue weighted by Crippen LogP contribution is 2.37. The number of aromatic nitrogens is 1. The molecule has 8 nitrogen and oxygen atoms in total. The van der Waals surface area contributed by atoms with Crippen LogP contribution >= 0.6 is 11.3 Å². The third kappa shape index (κ3) is 4.44. The quantitative estimate of drug-likeness (QED) is 0.284. The SMILES string of the molecule is COc1ccccc1N=c1scc(-c2cc3ccccc3o2)n1N=Cc1cc(OC)c(O)c(OC)c1. The largest absolute Gasteiger partial charge is 0.502 e. The van der Waals surface area contributed by atoms with Crippen molar-refractivity contribution in [3.63, 3.8) is 0 Å². The predicted molar refractivity (Wildman–Crippen MR) is 140 cm³/mol. The summed E-state index contributed by atoms with van der Waals surface area (Å²) in [6, 6.07) is 20.7. The molecule has 1 N–H and O–H groups in total. The van der Waals surface area contributed by atoms with Crippen LogP contribution in [0.15, 0.2) is 86.6 Å². The van der Waals surface area contributed by atoms with Gasteiger partial charge in [0.2, 0.25) is 10.6 Å². The van der Waals surface area contributed by atoms with Crippen LogP contribution in [0.3, 0.4) is 0 Å². The molecule has 0 aliphatic heterocycles. The molecule has 0 aliphatic rings. The summed E-state index contributed by atoms with van der Waals surface area (Å²) < 4.78 is 23.9. The monoisotopic (exact) mass is 501 g/mol. The van der Waals surface area contributed by atoms with Crippen LogP contribution in [-0.4, -0.2) is 37.3 Å². The fraction of sp³-hybridized carbons (Fsp3) is 0.111. The average molecular weight is 502 g/mol. The van der Waals surface area contributed by atoms with Crippen molar-refractivity contribution in [2.75, 3.05) is 21.3 Å². The van der Waals surface area contributed by atoms with Gasteiger partial charge in [0.1, 0.15) is 22.7 Å². The topological polar surface area (TPSA) is 90.7 Å². The minimum absolute atomic E-state index is 0.0739. The maximum atomic E-state index is 10.2. The zero-order valence-electron chi connectivity index (χ0n) is 19.8. The Hall–Kier alpha value is -4.50. The highest BCUT2D eigenvalue weighted by Gasteiger charge is 2.14. The van der Waals surface area contributed by atoms with Gasteiger partial charge in [-0.05, 0) is 36.4 Å². The third-order valence-corrected chi connectivity index (χ3v) is 6.31. The van der Waals surface area contributed by atoms with Crippen LogP contribution in [0.2, 0.25) is 0 Å². The molecule has 0 amide bonds. The van der Waals surface area contributed by atoms with E-state index in [1.807, 2.05) is 60.0 Å². The number of ether oxygens (including phenoxy) is 3. The Bertz CT molecular complexity index is 1570. The van der Waals surface area contributed by atoms with Crippen LogP contribution in [-0.2, 0) is 0 Å². The van der Waals surface area contributed by atoms with Crippen molar-refractivity contribution in [3.8, 4) is 34.5 Å². The first-order valence-electron chi connectivity index (χ1n) is 11.0. The fourth-order valence-corrected chi connectivity index (χ4v) is 4.53. The molecule has 9 heteroatoms. The van der Waals surface area contributed by atoms with Gasteiger partial charge in [0.05, 0.1) is 27.5 Å². The van der Waals surface area contributed by atoms with Crippen molar-refractivity contribution in [2.45, 2.75) is 0 Å². The summed E-state index contributed by atoms with van der Waals surface area (Å²) >= 11 is 1.43. The molecule has 0 saturated carbocycles. The van der Waals surface area contributed by atoms with E-state index in [-0.39, 0.29) is 17.2 Å². The maximum absolute atomic E-state index is 10.2. The van der Waals surface area contributed by atoms with Crippen molar-refractivity contribution in [1.82, 2.24) is 4.68 Å². The number of furan rings is 1. The first-order valence-corrected chi connectivity index (χ1v) is 11.9. The van der Waals surface area contributed by atoms with E-state index in [0.717, 1.165) is 16.7 Å². The number of fused-ring (bicyclic) bond motifs is 1. The third-order valence-electron chi connectivity index (χ3n) is 5.49. The Balaban J connectivity index is 1.67. The number of benzene rings is 3. The molecule has 2 heterocycles. The Kier molecular flexibility index (Phi) is 6.46. The first-order chi connectivity index (χ1) is 17.6. The van der Waals surface area contributed by atoms with Crippen LogP contribution in [0.1, 0.15) is 5.56 Å². The summed E-state index contributed by atoms with van der Waals surface area (Å²) in [5, 5.41) is 17.9. The zero-order valence-corrected chi connectivity index (χ0v) is 20.7. The molecule has 0 fully saturated rings. The standard InChI is InChI=1S/C27H23N3O5S/c1-32-22-11-7-5-9-19(22)29-27-30(28-15-17-12-24(33-2)26(31)25(13-17)34-3)20(16-36-27)23-14-18-8-4-6-10-21(18)35-23/h4-16,31H,1-3H3. The van der Waals surface area contributed by atoms with Crippen molar-refractivity contribution in [3.05, 3.63) is 82.5 Å². The van der Waals surface area contributed by atoms with E-state index in [4.69, 9.17) is 28.7 Å². The number of hydrogen-bond acceptors (Lipinski definition) is 8. The van der Waals surface area contributed by atoms with Gasteiger partial charge < -0.3 is 23.7 Å². The van der Waals surface area contributed by atoms with Gasteiger partial charge in [-0.25, -0.2) is 9.67 Å². The van der Waals surface area contributed by atoms with E-state index in [1.54, 1.807) is 30.1 Å². The first kappa shape index (κ1) is 23.3. The number of nitrogens with zero attached hydrogens (tertiary/aromatic N) is 3. The molecule has 0 radical (unpaired) electrons. The van der Waals surface area contributed by atoms with E-state index >= 15 is 0 Å². The van der Waals surface area contributed by atoms with E-state index in [9.17, 15) is 5.11 Å². The molecule has 0 bridgehead atoms. The molecule has 0 spiro atoms. The highest BCUT2D eigenvalue weighted by atomic mass is 32.1. The molecular formula is C27H23N3O5S. The van der Waals surface area contributed by atoms with Crippen LogP contribution in [0.4, 0.5) is 5.69 Å². The number of methoxy groups -OCH3 is 3. The molecule has 0 unspecified atom stereocenters. The van der Waals surface area contributed by atoms with E-state index in [0.29, 0.717) is 27.6 Å². The minimum Gasteiger partial charge on any atom is -0.502 e. The lowest BCUT2D eigenvalue weighted by Crippen LogP contribution is -2.11. The Labute approximate surface area is 211 Å². The molecule has 0 aliphatic carbocycles. The van der Waals surface area contributed by atoms with Crippen LogP contribution < -0.4 is 19.0 Å². The summed E-state index contributed by atoms with van der Waals surface area (Å²) in [4.78, 5) is 5.43. The van der Waals surface area contributed by atoms with Crippen LogP contribution in [0, 0.1) is 0 Å². The summed E-state index contributed by atoms with van der Waals surface area (Å²) in [5.74, 6) is 1.80. The second-order valence-corrected chi connectivity index (χ2v) is 8.50. The molecule has 5 aromatic rings. The number of thiazole rings is 1. The van der Waals surface area contributed by atoms with Crippen molar-refractivity contribution < 1.29 is 23.7 Å². The molecule has 3 aromatic carbocycles. The van der Waals surface area contributed by atoms with Gasteiger partial charge >= 0.3 is 0 Å². The number of phenolic OH excluding ortho intramolecular Hbond substituents is 1. The smallest absolute Gasteiger partial charge is 0.211 e. The van der Waals surface area contributed by atoms with Gasteiger partial charge in [-0.15, -0.1) is 11.3 Å². The van der Waals surface area contributed by atoms with Crippen LogP contribution in [0.5, 0.6) is 23.0 Å². The lowest BCUT2D eigenvalue weighted by Gasteiger charge is -2.09. The van der Waals surface area contributed by atoms with E-state index in [2.05, 4.69) is 0 Å². The number of rotatable bonds is 7. The van der Waals surface area contributed by atoms with Crippen LogP contribution in [0.25, 0.3) is 22.4 Å². The van der Waals surface area contributed by atoms with Gasteiger partial charge in [0.15, 0.2) is 17.3 Å². The second kappa shape index (κ2) is 10.0. The Morgan fingerprint density at radius 2 is 1.58 bits per heavy atom. The van der Waals surface area contributed by atoms with Gasteiger partial charge in [-0.2, -0.15) is 5.10 Å². The Morgan fingerprint density at radius 3 is 2.31 bits per heavy atom. The predicted octanol–water partition coefficient (Wildman–Crippen LogP) is 5.81. The lowest BCUT2D eigenvalue weighted by atomic mass is 10.2. The maximum Gasteiger partial charge on any atom is 0.211 e. The summed E-state index contributed by atoms with van der Waals surface area (Å²) in [6.45, 7) is 0. The molecule has 36 heavy (non-hydrogen) atoms. The zero-order chi connectivity index (χ0) is 25.1. The van der Waals surface area contributed by atoms with Gasteiger partial charge in [0.25, 0.3) is 0 Å². The molecule has 2 aromatic heterocycles. The van der Waals surface area contributed by atoms with Gasteiger partial charge in [-0.1, -0.05) is 30.3 Å². The number of hydrogen-bond donors (Lipinski definition) is 1. The summed E-state index contributed by atoms with van der Waals surface area (Å²) in [6.07, 6.45) is 1.64. The number of phenols is 1. The van der Waals surface area contributed by atoms with E-state index in [1.165, 1.54) is 25.6 Å². The Morgan fingerprint density at radius 1 is 0.889 bits per heavy atom. The number of para-hydroxylation sites is 3. The second-order valence-electron chi connectivity index (χ2n) is 7.67. The fourth-order valence-electron chi connectivity index (χ4n) is 3.71.